The standard InChI is InChI=1S/C30H39N3O4/c1-22-18-33(23(2)21-34)30(35)27-16-26(11-7-10-24-8-5-4-6-9-24)17-31-29(27)37-28(22)20-32(3)19-25-12-14-36-15-13-25/h4-6,8-9,16-17,22-23,25,28,34H,10,12-15,18-21H2,1-3H3/t22-,23-,28+/m0/s1. The summed E-state index contributed by atoms with van der Waals surface area (Å²) in [5.74, 6) is 7.17. The van der Waals surface area contributed by atoms with Crippen LogP contribution in [0.3, 0.4) is 0 Å². The highest BCUT2D eigenvalue weighted by Crippen LogP contribution is 2.27. The molecule has 7 nitrogen and oxygen atoms in total. The molecule has 1 saturated heterocycles. The number of ether oxygens (including phenoxy) is 2. The third-order valence-corrected chi connectivity index (χ3v) is 7.29. The number of aromatic nitrogens is 1. The van der Waals surface area contributed by atoms with Crippen LogP contribution >= 0.6 is 0 Å². The van der Waals surface area contributed by atoms with E-state index in [0.29, 0.717) is 35.9 Å². The Hall–Kier alpha value is -2.92. The van der Waals surface area contributed by atoms with Crippen molar-refractivity contribution in [2.75, 3.05) is 46.5 Å². The quantitative estimate of drug-likeness (QED) is 0.583. The van der Waals surface area contributed by atoms with Gasteiger partial charge in [-0.15, -0.1) is 0 Å². The molecule has 0 aliphatic carbocycles. The van der Waals surface area contributed by atoms with E-state index in [1.165, 1.54) is 0 Å². The van der Waals surface area contributed by atoms with E-state index in [1.54, 1.807) is 17.2 Å². The first-order chi connectivity index (χ1) is 17.9. The Morgan fingerprint density at radius 2 is 1.97 bits per heavy atom. The zero-order valence-electron chi connectivity index (χ0n) is 22.2. The summed E-state index contributed by atoms with van der Waals surface area (Å²) in [6, 6.07) is 11.5. The molecule has 2 aromatic rings. The maximum absolute atomic E-state index is 13.6. The molecule has 1 aromatic heterocycles. The summed E-state index contributed by atoms with van der Waals surface area (Å²) in [6.45, 7) is 7.75. The largest absolute Gasteiger partial charge is 0.472 e. The molecule has 2 aliphatic heterocycles. The van der Waals surface area contributed by atoms with E-state index < -0.39 is 0 Å². The Labute approximate surface area is 220 Å². The van der Waals surface area contributed by atoms with Crippen LogP contribution in [0.1, 0.15) is 48.2 Å². The normalized spacial score (nSPS) is 21.3. The van der Waals surface area contributed by atoms with Crippen molar-refractivity contribution in [3.63, 3.8) is 0 Å². The van der Waals surface area contributed by atoms with Crippen LogP contribution in [0.4, 0.5) is 0 Å². The second-order valence-corrected chi connectivity index (χ2v) is 10.4. The first kappa shape index (κ1) is 27.1. The van der Waals surface area contributed by atoms with E-state index in [1.807, 2.05) is 37.3 Å². The molecule has 3 atom stereocenters. The van der Waals surface area contributed by atoms with Crippen molar-refractivity contribution < 1.29 is 19.4 Å². The highest BCUT2D eigenvalue weighted by atomic mass is 16.5. The molecule has 0 spiro atoms. The summed E-state index contributed by atoms with van der Waals surface area (Å²) in [5.41, 5.74) is 2.21. The number of hydrogen-bond donors (Lipinski definition) is 1. The number of carbonyl (C=O) groups excluding carboxylic acids is 1. The third kappa shape index (κ3) is 7.32. The van der Waals surface area contributed by atoms with E-state index in [4.69, 9.17) is 9.47 Å². The Balaban J connectivity index is 1.55. The maximum Gasteiger partial charge on any atom is 0.259 e. The van der Waals surface area contributed by atoms with Gasteiger partial charge in [-0.3, -0.25) is 4.79 Å². The Kier molecular flexibility index (Phi) is 9.56. The highest BCUT2D eigenvalue weighted by Gasteiger charge is 2.34. The van der Waals surface area contributed by atoms with Gasteiger partial charge < -0.3 is 24.4 Å². The van der Waals surface area contributed by atoms with Gasteiger partial charge in [0.2, 0.25) is 5.88 Å². The number of aliphatic hydroxyl groups is 1. The van der Waals surface area contributed by atoms with E-state index in [2.05, 4.69) is 35.7 Å². The summed E-state index contributed by atoms with van der Waals surface area (Å²) in [6.07, 6.45) is 4.32. The van der Waals surface area contributed by atoms with Crippen LogP contribution in [0.25, 0.3) is 0 Å². The number of pyridine rings is 1. The number of fused-ring (bicyclic) bond motifs is 1. The van der Waals surface area contributed by atoms with Crippen molar-refractivity contribution in [3.05, 3.63) is 59.3 Å². The zero-order chi connectivity index (χ0) is 26.2. The van der Waals surface area contributed by atoms with Gasteiger partial charge >= 0.3 is 0 Å². The summed E-state index contributed by atoms with van der Waals surface area (Å²) >= 11 is 0. The Morgan fingerprint density at radius 3 is 2.70 bits per heavy atom. The van der Waals surface area contributed by atoms with Gasteiger partial charge in [-0.2, -0.15) is 0 Å². The summed E-state index contributed by atoms with van der Waals surface area (Å²) < 4.78 is 11.9. The minimum absolute atomic E-state index is 0.0652. The zero-order valence-corrected chi connectivity index (χ0v) is 22.2. The molecule has 0 bridgehead atoms. The van der Waals surface area contributed by atoms with Gasteiger partial charge in [0, 0.05) is 56.9 Å². The molecule has 1 fully saturated rings. The molecule has 1 aromatic carbocycles. The lowest BCUT2D eigenvalue weighted by Crippen LogP contribution is -2.50. The molecule has 37 heavy (non-hydrogen) atoms. The topological polar surface area (TPSA) is 75.1 Å². The summed E-state index contributed by atoms with van der Waals surface area (Å²) in [7, 11) is 2.13. The third-order valence-electron chi connectivity index (χ3n) is 7.29. The molecule has 1 N–H and O–H groups in total. The molecular formula is C30H39N3O4. The predicted octanol–water partition coefficient (Wildman–Crippen LogP) is 3.25. The van der Waals surface area contributed by atoms with Crippen LogP contribution in [-0.4, -0.2) is 84.4 Å². The SMILES string of the molecule is C[C@H]1CN([C@@H](C)CO)C(=O)c2cc(C#CCc3ccccc3)cnc2O[C@@H]1CN(C)CC1CCOCC1. The van der Waals surface area contributed by atoms with E-state index in [0.717, 1.165) is 44.7 Å². The van der Waals surface area contributed by atoms with Crippen LogP contribution in [0.2, 0.25) is 0 Å². The monoisotopic (exact) mass is 505 g/mol. The molecule has 3 heterocycles. The van der Waals surface area contributed by atoms with Crippen LogP contribution in [0, 0.1) is 23.7 Å². The summed E-state index contributed by atoms with van der Waals surface area (Å²) in [4.78, 5) is 22.2. The Morgan fingerprint density at radius 1 is 1.22 bits per heavy atom. The molecule has 7 heteroatoms. The fraction of sp³-hybridized carbons (Fsp3) is 0.533. The number of carbonyl (C=O) groups is 1. The number of likely N-dealkylation sites (N-methyl/N-ethyl adjacent to an activating group) is 1. The van der Waals surface area contributed by atoms with Gasteiger partial charge in [0.25, 0.3) is 5.91 Å². The summed E-state index contributed by atoms with van der Waals surface area (Å²) in [5, 5.41) is 9.89. The second-order valence-electron chi connectivity index (χ2n) is 10.4. The number of nitrogens with zero attached hydrogens (tertiary/aromatic N) is 3. The predicted molar refractivity (Wildman–Crippen MR) is 143 cm³/mol. The van der Waals surface area contributed by atoms with Gasteiger partial charge in [-0.1, -0.05) is 49.1 Å². The maximum atomic E-state index is 13.6. The number of rotatable bonds is 7. The van der Waals surface area contributed by atoms with Crippen LogP contribution < -0.4 is 4.74 Å². The average Bonchev–Trinajstić information content (AvgIpc) is 2.91. The van der Waals surface area contributed by atoms with E-state index in [-0.39, 0.29) is 30.6 Å². The smallest absolute Gasteiger partial charge is 0.259 e. The van der Waals surface area contributed by atoms with Crippen LogP contribution in [0.5, 0.6) is 5.88 Å². The lowest BCUT2D eigenvalue weighted by molar-refractivity contribution is 0.0254. The van der Waals surface area contributed by atoms with Gasteiger partial charge in [-0.05, 0) is 44.4 Å². The van der Waals surface area contributed by atoms with Crippen molar-refractivity contribution in [2.24, 2.45) is 11.8 Å². The number of amides is 1. The molecule has 2 aliphatic rings. The molecule has 198 valence electrons. The minimum atomic E-state index is -0.311. The first-order valence-electron chi connectivity index (χ1n) is 13.3. The lowest BCUT2D eigenvalue weighted by atomic mass is 9.97. The second kappa shape index (κ2) is 13.0. The minimum Gasteiger partial charge on any atom is -0.472 e. The molecular weight excluding hydrogens is 466 g/mol. The van der Waals surface area contributed by atoms with Crippen molar-refractivity contribution in [1.82, 2.24) is 14.8 Å². The lowest BCUT2D eigenvalue weighted by Gasteiger charge is -2.38. The molecule has 0 unspecified atom stereocenters. The van der Waals surface area contributed by atoms with Crippen molar-refractivity contribution in [3.8, 4) is 17.7 Å². The van der Waals surface area contributed by atoms with Gasteiger partial charge in [0.1, 0.15) is 11.7 Å². The Bertz CT molecular complexity index is 1090. The van der Waals surface area contributed by atoms with Gasteiger partial charge in [-0.25, -0.2) is 4.98 Å². The van der Waals surface area contributed by atoms with Crippen molar-refractivity contribution in [1.29, 1.82) is 0 Å². The van der Waals surface area contributed by atoms with Crippen molar-refractivity contribution in [2.45, 2.75) is 45.3 Å². The van der Waals surface area contributed by atoms with Gasteiger partial charge in [0.05, 0.1) is 12.6 Å². The molecule has 4 rings (SSSR count). The molecule has 0 radical (unpaired) electrons. The van der Waals surface area contributed by atoms with Gasteiger partial charge in [0.15, 0.2) is 0 Å². The number of benzene rings is 1. The molecule has 0 saturated carbocycles. The van der Waals surface area contributed by atoms with Crippen LogP contribution in [-0.2, 0) is 11.2 Å². The highest BCUT2D eigenvalue weighted by molar-refractivity contribution is 5.97. The first-order valence-corrected chi connectivity index (χ1v) is 13.3. The fourth-order valence-electron chi connectivity index (χ4n) is 4.98. The van der Waals surface area contributed by atoms with E-state index in [9.17, 15) is 9.90 Å². The number of hydrogen-bond acceptors (Lipinski definition) is 6. The number of aliphatic hydroxyl groups excluding tert-OH is 1. The molecule has 1 amide bonds. The van der Waals surface area contributed by atoms with Crippen molar-refractivity contribution >= 4 is 5.91 Å². The fourth-order valence-corrected chi connectivity index (χ4v) is 4.98. The van der Waals surface area contributed by atoms with Crippen LogP contribution in [0.15, 0.2) is 42.6 Å². The van der Waals surface area contributed by atoms with E-state index >= 15 is 0 Å². The average molecular weight is 506 g/mol.